The molecule has 1 aromatic carbocycles. The Kier molecular flexibility index (Phi) is 6.53. The average Bonchev–Trinajstić information content (AvgIpc) is 2.30. The summed E-state index contributed by atoms with van der Waals surface area (Å²) in [6.07, 6.45) is 6.72. The SMILES string of the molecule is CCCCCCC(N)Cc1ccc(F)c(Cl)c1. The van der Waals surface area contributed by atoms with Crippen LogP contribution in [0.2, 0.25) is 5.02 Å². The number of rotatable bonds is 7. The van der Waals surface area contributed by atoms with E-state index in [-0.39, 0.29) is 16.9 Å². The van der Waals surface area contributed by atoms with Crippen molar-refractivity contribution in [3.8, 4) is 0 Å². The number of benzene rings is 1. The quantitative estimate of drug-likeness (QED) is 0.724. The molecule has 96 valence electrons. The minimum atomic E-state index is -0.369. The number of halogens is 2. The zero-order valence-electron chi connectivity index (χ0n) is 10.4. The van der Waals surface area contributed by atoms with E-state index in [0.717, 1.165) is 18.4 Å². The van der Waals surface area contributed by atoms with E-state index in [2.05, 4.69) is 6.92 Å². The van der Waals surface area contributed by atoms with Crippen LogP contribution in [0, 0.1) is 5.82 Å². The van der Waals surface area contributed by atoms with Crippen LogP contribution >= 0.6 is 11.6 Å². The maximum atomic E-state index is 13.0. The lowest BCUT2D eigenvalue weighted by atomic mass is 10.0. The number of hydrogen-bond donors (Lipinski definition) is 1. The Morgan fingerprint density at radius 1 is 1.29 bits per heavy atom. The number of hydrogen-bond acceptors (Lipinski definition) is 1. The Bertz CT molecular complexity index is 341. The van der Waals surface area contributed by atoms with E-state index in [1.54, 1.807) is 12.1 Å². The minimum absolute atomic E-state index is 0.147. The Balaban J connectivity index is 2.34. The van der Waals surface area contributed by atoms with Crippen molar-refractivity contribution in [2.45, 2.75) is 51.5 Å². The van der Waals surface area contributed by atoms with Gasteiger partial charge in [0.2, 0.25) is 0 Å². The molecule has 0 heterocycles. The lowest BCUT2D eigenvalue weighted by Gasteiger charge is -2.11. The Hall–Kier alpha value is -0.600. The second-order valence-electron chi connectivity index (χ2n) is 4.56. The van der Waals surface area contributed by atoms with Gasteiger partial charge in [-0.25, -0.2) is 4.39 Å². The first kappa shape index (κ1) is 14.5. The second-order valence-corrected chi connectivity index (χ2v) is 4.97. The molecule has 0 amide bonds. The van der Waals surface area contributed by atoms with Crippen LogP contribution in [-0.2, 0) is 6.42 Å². The molecule has 1 atom stereocenters. The largest absolute Gasteiger partial charge is 0.327 e. The van der Waals surface area contributed by atoms with Crippen LogP contribution in [0.5, 0.6) is 0 Å². The third-order valence-electron chi connectivity index (χ3n) is 2.91. The summed E-state index contributed by atoms with van der Waals surface area (Å²) in [6, 6.07) is 4.98. The maximum Gasteiger partial charge on any atom is 0.141 e. The van der Waals surface area contributed by atoms with E-state index in [1.807, 2.05) is 0 Å². The normalized spacial score (nSPS) is 12.7. The first-order valence-electron chi connectivity index (χ1n) is 6.33. The lowest BCUT2D eigenvalue weighted by molar-refractivity contribution is 0.545. The average molecular weight is 258 g/mol. The third kappa shape index (κ3) is 5.51. The second kappa shape index (κ2) is 7.67. The molecule has 3 heteroatoms. The van der Waals surface area contributed by atoms with E-state index < -0.39 is 0 Å². The van der Waals surface area contributed by atoms with Crippen LogP contribution in [0.15, 0.2) is 18.2 Å². The topological polar surface area (TPSA) is 26.0 Å². The highest BCUT2D eigenvalue weighted by molar-refractivity contribution is 6.30. The molecule has 0 spiro atoms. The predicted molar refractivity (Wildman–Crippen MR) is 71.8 cm³/mol. The van der Waals surface area contributed by atoms with Gasteiger partial charge in [-0.05, 0) is 30.5 Å². The van der Waals surface area contributed by atoms with Crippen LogP contribution in [0.3, 0.4) is 0 Å². The van der Waals surface area contributed by atoms with Crippen molar-refractivity contribution in [3.05, 3.63) is 34.6 Å². The summed E-state index contributed by atoms with van der Waals surface area (Å²) in [6.45, 7) is 2.19. The highest BCUT2D eigenvalue weighted by atomic mass is 35.5. The third-order valence-corrected chi connectivity index (χ3v) is 3.20. The monoisotopic (exact) mass is 257 g/mol. The molecule has 0 aromatic heterocycles. The summed E-state index contributed by atoms with van der Waals surface area (Å²) in [7, 11) is 0. The molecule has 0 fully saturated rings. The molecule has 17 heavy (non-hydrogen) atoms. The van der Waals surface area contributed by atoms with Gasteiger partial charge in [0.1, 0.15) is 5.82 Å². The molecular weight excluding hydrogens is 237 g/mol. The van der Waals surface area contributed by atoms with Gasteiger partial charge in [0.25, 0.3) is 0 Å². The molecule has 0 aliphatic carbocycles. The number of unbranched alkanes of at least 4 members (excludes halogenated alkanes) is 3. The number of nitrogens with two attached hydrogens (primary N) is 1. The molecule has 1 rings (SSSR count). The van der Waals surface area contributed by atoms with Crippen LogP contribution < -0.4 is 5.73 Å². The fourth-order valence-electron chi connectivity index (χ4n) is 1.90. The van der Waals surface area contributed by atoms with Crippen molar-refractivity contribution < 1.29 is 4.39 Å². The minimum Gasteiger partial charge on any atom is -0.327 e. The summed E-state index contributed by atoms with van der Waals surface area (Å²) in [5.74, 6) is -0.369. The molecule has 0 aliphatic heterocycles. The maximum absolute atomic E-state index is 13.0. The zero-order valence-corrected chi connectivity index (χ0v) is 11.1. The molecule has 0 radical (unpaired) electrons. The predicted octanol–water partition coefficient (Wildman–Crippen LogP) is 4.32. The van der Waals surface area contributed by atoms with Crippen LogP contribution in [0.1, 0.15) is 44.6 Å². The van der Waals surface area contributed by atoms with E-state index >= 15 is 0 Å². The van der Waals surface area contributed by atoms with E-state index in [4.69, 9.17) is 17.3 Å². The summed E-state index contributed by atoms with van der Waals surface area (Å²) >= 11 is 5.73. The summed E-state index contributed by atoms with van der Waals surface area (Å²) in [4.78, 5) is 0. The first-order chi connectivity index (χ1) is 8.13. The zero-order chi connectivity index (χ0) is 12.7. The van der Waals surface area contributed by atoms with Gasteiger partial charge in [-0.2, -0.15) is 0 Å². The Morgan fingerprint density at radius 3 is 2.71 bits per heavy atom. The standard InChI is InChI=1S/C14H21ClFN/c1-2-3-4-5-6-12(17)9-11-7-8-14(16)13(15)10-11/h7-8,10,12H,2-6,9,17H2,1H3. The van der Waals surface area contributed by atoms with Crippen molar-refractivity contribution in [2.24, 2.45) is 5.73 Å². The Labute approximate surface area is 108 Å². The summed E-state index contributed by atoms with van der Waals surface area (Å²) in [5.41, 5.74) is 7.05. The van der Waals surface area contributed by atoms with Crippen molar-refractivity contribution in [2.75, 3.05) is 0 Å². The fraction of sp³-hybridized carbons (Fsp3) is 0.571. The van der Waals surface area contributed by atoms with E-state index in [9.17, 15) is 4.39 Å². The molecule has 0 bridgehead atoms. The Morgan fingerprint density at radius 2 is 2.06 bits per heavy atom. The fourth-order valence-corrected chi connectivity index (χ4v) is 2.11. The van der Waals surface area contributed by atoms with Gasteiger partial charge in [-0.15, -0.1) is 0 Å². The molecule has 0 aliphatic rings. The molecule has 1 nitrogen and oxygen atoms in total. The molecular formula is C14H21ClFN. The van der Waals surface area contributed by atoms with Crippen LogP contribution in [0.4, 0.5) is 4.39 Å². The highest BCUT2D eigenvalue weighted by Gasteiger charge is 2.06. The van der Waals surface area contributed by atoms with Gasteiger partial charge in [-0.3, -0.25) is 0 Å². The van der Waals surface area contributed by atoms with Gasteiger partial charge in [0, 0.05) is 6.04 Å². The molecule has 0 saturated heterocycles. The summed E-state index contributed by atoms with van der Waals surface area (Å²) in [5, 5.41) is 0.181. The van der Waals surface area contributed by atoms with Crippen molar-refractivity contribution in [3.63, 3.8) is 0 Å². The molecule has 2 N–H and O–H groups in total. The molecule has 1 unspecified atom stereocenters. The molecule has 0 saturated carbocycles. The van der Waals surface area contributed by atoms with Crippen molar-refractivity contribution in [1.82, 2.24) is 0 Å². The summed E-state index contributed by atoms with van der Waals surface area (Å²) < 4.78 is 13.0. The van der Waals surface area contributed by atoms with Crippen molar-refractivity contribution in [1.29, 1.82) is 0 Å². The van der Waals surface area contributed by atoms with Crippen molar-refractivity contribution >= 4 is 11.6 Å². The lowest BCUT2D eigenvalue weighted by Crippen LogP contribution is -2.22. The van der Waals surface area contributed by atoms with Gasteiger partial charge in [-0.1, -0.05) is 50.3 Å². The smallest absolute Gasteiger partial charge is 0.141 e. The highest BCUT2D eigenvalue weighted by Crippen LogP contribution is 2.17. The van der Waals surface area contributed by atoms with Crippen LogP contribution in [0.25, 0.3) is 0 Å². The van der Waals surface area contributed by atoms with Gasteiger partial charge in [0.05, 0.1) is 5.02 Å². The van der Waals surface area contributed by atoms with Gasteiger partial charge in [0.15, 0.2) is 0 Å². The van der Waals surface area contributed by atoms with Gasteiger partial charge >= 0.3 is 0 Å². The van der Waals surface area contributed by atoms with Crippen LogP contribution in [-0.4, -0.2) is 6.04 Å². The van der Waals surface area contributed by atoms with E-state index in [0.29, 0.717) is 0 Å². The van der Waals surface area contributed by atoms with E-state index in [1.165, 1.54) is 31.7 Å². The molecule has 1 aromatic rings. The van der Waals surface area contributed by atoms with Gasteiger partial charge < -0.3 is 5.73 Å². The first-order valence-corrected chi connectivity index (χ1v) is 6.70.